The molecule has 3 rings (SSSR count). The number of rotatable bonds is 3. The van der Waals surface area contributed by atoms with Crippen LogP contribution in [0, 0.1) is 5.82 Å². The minimum atomic E-state index is -0.365. The Morgan fingerprint density at radius 3 is 2.83 bits per heavy atom. The van der Waals surface area contributed by atoms with Crippen LogP contribution >= 0.6 is 11.6 Å². The molecule has 1 aliphatic rings. The van der Waals surface area contributed by atoms with Crippen LogP contribution in [0.4, 0.5) is 4.39 Å². The molecule has 0 radical (unpaired) electrons. The Hall–Kier alpha value is -1.39. The van der Waals surface area contributed by atoms with Crippen molar-refractivity contribution in [2.75, 3.05) is 0 Å². The zero-order valence-electron chi connectivity index (χ0n) is 9.74. The van der Waals surface area contributed by atoms with Gasteiger partial charge in [-0.05, 0) is 25.0 Å². The number of hydrogen-bond donors (Lipinski definition) is 1. The van der Waals surface area contributed by atoms with Gasteiger partial charge in [-0.3, -0.25) is 0 Å². The van der Waals surface area contributed by atoms with Crippen molar-refractivity contribution in [3.8, 4) is 5.69 Å². The van der Waals surface area contributed by atoms with Crippen molar-refractivity contribution in [1.82, 2.24) is 9.78 Å². The van der Waals surface area contributed by atoms with Gasteiger partial charge >= 0.3 is 0 Å². The molecule has 0 atom stereocenters. The fourth-order valence-electron chi connectivity index (χ4n) is 2.21. The third kappa shape index (κ3) is 1.82. The lowest BCUT2D eigenvalue weighted by molar-refractivity contribution is 0.606. The average molecular weight is 266 g/mol. The molecule has 1 aliphatic carbocycles. The number of hydrogen-bond acceptors (Lipinski definition) is 2. The van der Waals surface area contributed by atoms with Crippen molar-refractivity contribution in [3.05, 3.63) is 46.5 Å². The van der Waals surface area contributed by atoms with E-state index in [1.54, 1.807) is 23.0 Å². The maximum Gasteiger partial charge on any atom is 0.150 e. The minimum absolute atomic E-state index is 0.320. The molecule has 0 aliphatic heterocycles. The topological polar surface area (TPSA) is 43.8 Å². The number of nitrogens with two attached hydrogens (primary N) is 1. The second kappa shape index (κ2) is 4.37. The molecule has 94 valence electrons. The third-order valence-electron chi connectivity index (χ3n) is 3.22. The van der Waals surface area contributed by atoms with Crippen molar-refractivity contribution in [2.24, 2.45) is 5.73 Å². The molecule has 1 fully saturated rings. The Balaban J connectivity index is 2.20. The van der Waals surface area contributed by atoms with Crippen LogP contribution in [-0.4, -0.2) is 9.78 Å². The standard InChI is InChI=1S/C13H13ClFN3/c14-10-2-1-3-11(15)13(10)18-12(8-4-5-8)9(6-16)7-17-18/h1-3,7-8H,4-6,16H2. The minimum Gasteiger partial charge on any atom is -0.326 e. The first kappa shape index (κ1) is 11.7. The van der Waals surface area contributed by atoms with Crippen LogP contribution in [0.1, 0.15) is 30.0 Å². The molecule has 1 heterocycles. The first-order chi connectivity index (χ1) is 8.72. The predicted molar refractivity (Wildman–Crippen MR) is 68.4 cm³/mol. The molecule has 0 unspecified atom stereocenters. The second-order valence-corrected chi connectivity index (χ2v) is 4.92. The van der Waals surface area contributed by atoms with E-state index in [1.807, 2.05) is 0 Å². The van der Waals surface area contributed by atoms with Crippen LogP contribution in [0.5, 0.6) is 0 Å². The fourth-order valence-corrected chi connectivity index (χ4v) is 2.45. The number of halogens is 2. The highest BCUT2D eigenvalue weighted by molar-refractivity contribution is 6.32. The van der Waals surface area contributed by atoms with Gasteiger partial charge in [0.1, 0.15) is 11.5 Å². The van der Waals surface area contributed by atoms with E-state index < -0.39 is 0 Å². The van der Waals surface area contributed by atoms with E-state index in [9.17, 15) is 4.39 Å². The molecule has 2 N–H and O–H groups in total. The van der Waals surface area contributed by atoms with Crippen molar-refractivity contribution in [1.29, 1.82) is 0 Å². The Bertz CT molecular complexity index is 570. The molecule has 1 saturated carbocycles. The lowest BCUT2D eigenvalue weighted by atomic mass is 10.1. The lowest BCUT2D eigenvalue weighted by Gasteiger charge is -2.10. The molecule has 0 spiro atoms. The Morgan fingerprint density at radius 2 is 2.22 bits per heavy atom. The lowest BCUT2D eigenvalue weighted by Crippen LogP contribution is -2.07. The quantitative estimate of drug-likeness (QED) is 0.927. The molecule has 0 bridgehead atoms. The van der Waals surface area contributed by atoms with Crippen LogP contribution < -0.4 is 5.73 Å². The average Bonchev–Trinajstić information content (AvgIpc) is 3.10. The molecule has 2 aromatic rings. The van der Waals surface area contributed by atoms with Crippen molar-refractivity contribution in [3.63, 3.8) is 0 Å². The summed E-state index contributed by atoms with van der Waals surface area (Å²) >= 11 is 6.08. The number of nitrogens with zero attached hydrogens (tertiary/aromatic N) is 2. The van der Waals surface area contributed by atoms with Gasteiger partial charge in [0.25, 0.3) is 0 Å². The van der Waals surface area contributed by atoms with Crippen LogP contribution in [-0.2, 0) is 6.54 Å². The maximum atomic E-state index is 13.9. The normalized spacial score (nSPS) is 15.1. The van der Waals surface area contributed by atoms with Gasteiger partial charge in [0.2, 0.25) is 0 Å². The Morgan fingerprint density at radius 1 is 1.44 bits per heavy atom. The zero-order chi connectivity index (χ0) is 12.7. The van der Waals surface area contributed by atoms with Gasteiger partial charge in [0.15, 0.2) is 0 Å². The van der Waals surface area contributed by atoms with Gasteiger partial charge in [-0.25, -0.2) is 9.07 Å². The summed E-state index contributed by atoms with van der Waals surface area (Å²) in [6, 6.07) is 4.65. The van der Waals surface area contributed by atoms with E-state index in [0.29, 0.717) is 23.2 Å². The summed E-state index contributed by atoms with van der Waals surface area (Å²) in [4.78, 5) is 0. The van der Waals surface area contributed by atoms with Crippen LogP contribution in [0.15, 0.2) is 24.4 Å². The Kier molecular flexibility index (Phi) is 2.84. The predicted octanol–water partition coefficient (Wildman–Crippen LogP) is 3.00. The number of aromatic nitrogens is 2. The van der Waals surface area contributed by atoms with Crippen LogP contribution in [0.3, 0.4) is 0 Å². The van der Waals surface area contributed by atoms with E-state index in [2.05, 4.69) is 5.10 Å². The van der Waals surface area contributed by atoms with Crippen LogP contribution in [0.2, 0.25) is 5.02 Å². The number of para-hydroxylation sites is 1. The Labute approximate surface area is 109 Å². The zero-order valence-corrected chi connectivity index (χ0v) is 10.5. The molecule has 3 nitrogen and oxygen atoms in total. The number of benzene rings is 1. The van der Waals surface area contributed by atoms with E-state index >= 15 is 0 Å². The summed E-state index contributed by atoms with van der Waals surface area (Å²) in [6.45, 7) is 0.415. The van der Waals surface area contributed by atoms with E-state index in [-0.39, 0.29) is 5.82 Å². The van der Waals surface area contributed by atoms with Gasteiger partial charge in [0.05, 0.1) is 16.9 Å². The monoisotopic (exact) mass is 265 g/mol. The molecule has 1 aromatic heterocycles. The molecule has 18 heavy (non-hydrogen) atoms. The van der Waals surface area contributed by atoms with Crippen LogP contribution in [0.25, 0.3) is 5.69 Å². The summed E-state index contributed by atoms with van der Waals surface area (Å²) in [6.07, 6.45) is 3.91. The molecular formula is C13H13ClFN3. The molecule has 0 saturated heterocycles. The summed E-state index contributed by atoms with van der Waals surface area (Å²) in [5, 5.41) is 4.62. The summed E-state index contributed by atoms with van der Waals surface area (Å²) in [7, 11) is 0. The summed E-state index contributed by atoms with van der Waals surface area (Å²) in [5.74, 6) is 0.0674. The largest absolute Gasteiger partial charge is 0.326 e. The molecular weight excluding hydrogens is 253 g/mol. The van der Waals surface area contributed by atoms with E-state index in [0.717, 1.165) is 24.1 Å². The van der Waals surface area contributed by atoms with Crippen molar-refractivity contribution < 1.29 is 4.39 Å². The molecule has 5 heteroatoms. The highest BCUT2D eigenvalue weighted by atomic mass is 35.5. The van der Waals surface area contributed by atoms with Gasteiger partial charge in [0, 0.05) is 18.0 Å². The highest BCUT2D eigenvalue weighted by Gasteiger charge is 2.31. The maximum absolute atomic E-state index is 13.9. The summed E-state index contributed by atoms with van der Waals surface area (Å²) < 4.78 is 15.5. The van der Waals surface area contributed by atoms with E-state index in [4.69, 9.17) is 17.3 Å². The molecule has 0 amide bonds. The van der Waals surface area contributed by atoms with Gasteiger partial charge < -0.3 is 5.73 Å². The van der Waals surface area contributed by atoms with E-state index in [1.165, 1.54) is 6.07 Å². The van der Waals surface area contributed by atoms with Gasteiger partial charge in [-0.2, -0.15) is 5.10 Å². The van der Waals surface area contributed by atoms with Gasteiger partial charge in [-0.15, -0.1) is 0 Å². The summed E-state index contributed by atoms with van der Waals surface area (Å²) in [5.41, 5.74) is 8.00. The van der Waals surface area contributed by atoms with Crippen molar-refractivity contribution in [2.45, 2.75) is 25.3 Å². The first-order valence-electron chi connectivity index (χ1n) is 5.93. The fraction of sp³-hybridized carbons (Fsp3) is 0.308. The van der Waals surface area contributed by atoms with Crippen molar-refractivity contribution >= 4 is 11.6 Å². The highest BCUT2D eigenvalue weighted by Crippen LogP contribution is 2.43. The smallest absolute Gasteiger partial charge is 0.150 e. The molecule has 1 aromatic carbocycles. The third-order valence-corrected chi connectivity index (χ3v) is 3.52. The SMILES string of the molecule is NCc1cnn(-c2c(F)cccc2Cl)c1C1CC1. The first-order valence-corrected chi connectivity index (χ1v) is 6.31. The van der Waals surface area contributed by atoms with Gasteiger partial charge in [-0.1, -0.05) is 17.7 Å². The second-order valence-electron chi connectivity index (χ2n) is 4.52.